The molecule has 0 saturated carbocycles. The summed E-state index contributed by atoms with van der Waals surface area (Å²) < 4.78 is 27.1. The monoisotopic (exact) mass is 326 g/mol. The molecule has 0 amide bonds. The number of hydrogen-bond donors (Lipinski definition) is 1. The maximum absolute atomic E-state index is 13.0. The summed E-state index contributed by atoms with van der Waals surface area (Å²) in [6.45, 7) is 1.54. The molecule has 3 rings (SSSR count). The van der Waals surface area contributed by atoms with Gasteiger partial charge in [-0.1, -0.05) is 24.1 Å². The molecule has 0 spiro atoms. The van der Waals surface area contributed by atoms with E-state index in [2.05, 4.69) is 16.8 Å². The van der Waals surface area contributed by atoms with Crippen LogP contribution in [0.2, 0.25) is 0 Å². The van der Waals surface area contributed by atoms with Gasteiger partial charge in [-0.15, -0.1) is 0 Å². The normalized spacial score (nSPS) is 11.2. The first-order valence-corrected chi connectivity index (χ1v) is 8.36. The second-order valence-corrected chi connectivity index (χ2v) is 6.78. The lowest BCUT2D eigenvalue weighted by atomic mass is 10.2. The van der Waals surface area contributed by atoms with E-state index in [-0.39, 0.29) is 17.2 Å². The molecule has 0 radical (unpaired) electrons. The van der Waals surface area contributed by atoms with E-state index in [4.69, 9.17) is 5.11 Å². The maximum atomic E-state index is 13.0. The molecular weight excluding hydrogens is 312 g/mol. The van der Waals surface area contributed by atoms with Crippen LogP contribution in [0, 0.1) is 18.8 Å². The first-order valence-electron chi connectivity index (χ1n) is 6.92. The number of benzene rings is 1. The Hall–Kier alpha value is -2.62. The number of hydrogen-bond acceptors (Lipinski definition) is 4. The van der Waals surface area contributed by atoms with Gasteiger partial charge in [0.05, 0.1) is 4.90 Å². The minimum atomic E-state index is -3.83. The van der Waals surface area contributed by atoms with Crippen molar-refractivity contribution in [2.24, 2.45) is 0 Å². The average Bonchev–Trinajstić information content (AvgIpc) is 2.91. The zero-order valence-corrected chi connectivity index (χ0v) is 13.2. The van der Waals surface area contributed by atoms with Crippen LogP contribution in [0.15, 0.2) is 53.6 Å². The minimum absolute atomic E-state index is 0.159. The number of nitrogens with zero attached hydrogens (tertiary/aromatic N) is 2. The Morgan fingerprint density at radius 2 is 1.96 bits per heavy atom. The number of aliphatic hydroxyl groups is 1. The van der Waals surface area contributed by atoms with Crippen molar-refractivity contribution < 1.29 is 13.5 Å². The molecule has 23 heavy (non-hydrogen) atoms. The van der Waals surface area contributed by atoms with Gasteiger partial charge < -0.3 is 5.11 Å². The highest BCUT2D eigenvalue weighted by Gasteiger charge is 2.23. The molecule has 0 saturated heterocycles. The number of aliphatic hydroxyl groups excluding tert-OH is 1. The number of aromatic nitrogens is 2. The van der Waals surface area contributed by atoms with Crippen molar-refractivity contribution in [3.63, 3.8) is 0 Å². The second-order valence-electron chi connectivity index (χ2n) is 5.00. The predicted molar refractivity (Wildman–Crippen MR) is 87.5 cm³/mol. The lowest BCUT2D eigenvalue weighted by molar-refractivity contribution is 0.350. The van der Waals surface area contributed by atoms with Crippen LogP contribution in [0.3, 0.4) is 0 Å². The molecule has 1 N–H and O–H groups in total. The van der Waals surface area contributed by atoms with E-state index in [1.54, 1.807) is 30.5 Å². The molecule has 0 fully saturated rings. The van der Waals surface area contributed by atoms with Crippen molar-refractivity contribution in [1.29, 1.82) is 0 Å². The van der Waals surface area contributed by atoms with E-state index in [9.17, 15) is 8.42 Å². The largest absolute Gasteiger partial charge is 0.384 e. The molecule has 0 aliphatic carbocycles. The van der Waals surface area contributed by atoms with Crippen LogP contribution >= 0.6 is 0 Å². The summed E-state index contributed by atoms with van der Waals surface area (Å²) >= 11 is 0. The number of pyridine rings is 1. The molecule has 0 atom stereocenters. The Morgan fingerprint density at radius 1 is 1.22 bits per heavy atom. The van der Waals surface area contributed by atoms with Gasteiger partial charge in [0, 0.05) is 11.6 Å². The van der Waals surface area contributed by atoms with Crippen LogP contribution in [-0.2, 0) is 10.0 Å². The molecule has 3 aromatic rings. The first kappa shape index (κ1) is 15.3. The molecule has 0 aliphatic rings. The van der Waals surface area contributed by atoms with Crippen LogP contribution in [0.25, 0.3) is 11.0 Å². The van der Waals surface area contributed by atoms with Crippen molar-refractivity contribution in [1.82, 2.24) is 8.96 Å². The maximum Gasteiger partial charge on any atom is 0.270 e. The van der Waals surface area contributed by atoms with Crippen molar-refractivity contribution in [2.45, 2.75) is 11.8 Å². The summed E-state index contributed by atoms with van der Waals surface area (Å²) in [6.07, 6.45) is 1.61. The second kappa shape index (κ2) is 5.88. The molecule has 5 nitrogen and oxygen atoms in total. The highest BCUT2D eigenvalue weighted by molar-refractivity contribution is 7.90. The van der Waals surface area contributed by atoms with Gasteiger partial charge in [0.1, 0.15) is 12.3 Å². The molecule has 6 heteroatoms. The molecule has 0 unspecified atom stereocenters. The summed E-state index contributed by atoms with van der Waals surface area (Å²) in [5, 5.41) is 9.60. The Bertz CT molecular complexity index is 1030. The van der Waals surface area contributed by atoms with Crippen LogP contribution < -0.4 is 0 Å². The SMILES string of the molecule is Cc1cnc2c(c1)cc(C#CCO)n2S(=O)(=O)c1ccccc1. The van der Waals surface area contributed by atoms with Crippen LogP contribution in [0.4, 0.5) is 0 Å². The van der Waals surface area contributed by atoms with Gasteiger partial charge in [-0.25, -0.2) is 17.4 Å². The molecule has 0 aliphatic heterocycles. The highest BCUT2D eigenvalue weighted by Crippen LogP contribution is 2.24. The molecule has 116 valence electrons. The highest BCUT2D eigenvalue weighted by atomic mass is 32.2. The standard InChI is InChI=1S/C17H14N2O3S/c1-13-10-14-11-15(6-5-9-20)19(17(14)18-12-13)23(21,22)16-7-3-2-4-8-16/h2-4,7-8,10-12,20H,9H2,1H3. The van der Waals surface area contributed by atoms with Crippen LogP contribution in [0.1, 0.15) is 11.3 Å². The molecule has 2 aromatic heterocycles. The summed E-state index contributed by atoms with van der Waals surface area (Å²) in [4.78, 5) is 4.41. The topological polar surface area (TPSA) is 72.2 Å². The third kappa shape index (κ3) is 2.72. The van der Waals surface area contributed by atoms with Gasteiger partial charge in [0.2, 0.25) is 0 Å². The third-order valence-electron chi connectivity index (χ3n) is 3.31. The quantitative estimate of drug-likeness (QED) is 0.730. The Balaban J connectivity index is 2.35. The van der Waals surface area contributed by atoms with E-state index >= 15 is 0 Å². The van der Waals surface area contributed by atoms with Crippen molar-refractivity contribution in [2.75, 3.05) is 6.61 Å². The fourth-order valence-electron chi connectivity index (χ4n) is 2.34. The summed E-state index contributed by atoms with van der Waals surface area (Å²) in [5.41, 5.74) is 1.52. The van der Waals surface area contributed by atoms with E-state index < -0.39 is 10.0 Å². The summed E-state index contributed by atoms with van der Waals surface area (Å²) in [7, 11) is -3.83. The predicted octanol–water partition coefficient (Wildman–Crippen LogP) is 1.93. The van der Waals surface area contributed by atoms with E-state index in [0.717, 1.165) is 9.54 Å². The van der Waals surface area contributed by atoms with Crippen LogP contribution in [0.5, 0.6) is 0 Å². The number of rotatable bonds is 2. The lowest BCUT2D eigenvalue weighted by Crippen LogP contribution is -2.15. The van der Waals surface area contributed by atoms with Crippen molar-refractivity contribution in [3.05, 3.63) is 59.9 Å². The van der Waals surface area contributed by atoms with Gasteiger partial charge in [-0.2, -0.15) is 0 Å². The van der Waals surface area contributed by atoms with Crippen LogP contribution in [-0.4, -0.2) is 29.1 Å². The van der Waals surface area contributed by atoms with Crippen molar-refractivity contribution >= 4 is 21.1 Å². The molecule has 2 heterocycles. The molecular formula is C17H14N2O3S. The Kier molecular flexibility index (Phi) is 3.90. The summed E-state index contributed by atoms with van der Waals surface area (Å²) in [6, 6.07) is 11.6. The first-order chi connectivity index (χ1) is 11.0. The lowest BCUT2D eigenvalue weighted by Gasteiger charge is -2.08. The van der Waals surface area contributed by atoms with E-state index in [0.29, 0.717) is 11.0 Å². The van der Waals surface area contributed by atoms with Crippen molar-refractivity contribution in [3.8, 4) is 11.8 Å². The fraction of sp³-hybridized carbons (Fsp3) is 0.118. The van der Waals surface area contributed by atoms with Gasteiger partial charge in [-0.3, -0.25) is 0 Å². The Morgan fingerprint density at radius 3 is 2.65 bits per heavy atom. The fourth-order valence-corrected chi connectivity index (χ4v) is 3.79. The van der Waals surface area contributed by atoms with E-state index in [1.165, 1.54) is 12.1 Å². The Labute approximate surface area is 134 Å². The summed E-state index contributed by atoms with van der Waals surface area (Å²) in [5.74, 6) is 5.19. The van der Waals surface area contributed by atoms with Gasteiger partial charge >= 0.3 is 0 Å². The van der Waals surface area contributed by atoms with Gasteiger partial charge in [0.15, 0.2) is 5.65 Å². The zero-order chi connectivity index (χ0) is 16.4. The number of fused-ring (bicyclic) bond motifs is 1. The smallest absolute Gasteiger partial charge is 0.270 e. The minimum Gasteiger partial charge on any atom is -0.384 e. The average molecular weight is 326 g/mol. The molecule has 0 bridgehead atoms. The molecule has 1 aromatic carbocycles. The van der Waals surface area contributed by atoms with E-state index in [1.807, 2.05) is 13.0 Å². The van der Waals surface area contributed by atoms with Gasteiger partial charge in [0.25, 0.3) is 10.0 Å². The third-order valence-corrected chi connectivity index (χ3v) is 5.03. The number of aryl methyl sites for hydroxylation is 1. The van der Waals surface area contributed by atoms with Gasteiger partial charge in [-0.05, 0) is 42.7 Å². The zero-order valence-electron chi connectivity index (χ0n) is 12.4.